The molecule has 0 spiro atoms. The molecule has 0 aliphatic carbocycles. The number of hydrogen-bond donors (Lipinski definition) is 0. The number of furan rings is 1. The molecule has 3 aromatic heterocycles. The maximum atomic E-state index is 13.0. The van der Waals surface area contributed by atoms with Gasteiger partial charge in [-0.15, -0.1) is 15.3 Å². The first-order chi connectivity index (χ1) is 12.4. The summed E-state index contributed by atoms with van der Waals surface area (Å²) in [6, 6.07) is 4.63. The molecule has 4 heterocycles. The first-order valence-corrected chi connectivity index (χ1v) is 7.79. The molecule has 1 amide bonds. The van der Waals surface area contributed by atoms with Gasteiger partial charge in [0, 0.05) is 26.2 Å². The highest BCUT2D eigenvalue weighted by molar-refractivity contribution is 5.94. The van der Waals surface area contributed by atoms with Gasteiger partial charge < -0.3 is 14.2 Å². The van der Waals surface area contributed by atoms with Crippen molar-refractivity contribution in [3.8, 4) is 0 Å². The van der Waals surface area contributed by atoms with E-state index in [1.807, 2.05) is 4.90 Å². The quantitative estimate of drug-likeness (QED) is 0.687. The number of rotatable bonds is 2. The van der Waals surface area contributed by atoms with Gasteiger partial charge in [0.25, 0.3) is 11.7 Å². The van der Waals surface area contributed by atoms with Crippen LogP contribution in [-0.4, -0.2) is 56.8 Å². The molecule has 1 aliphatic heterocycles. The number of aromatic nitrogens is 4. The van der Waals surface area contributed by atoms with Crippen LogP contribution < -0.4 is 4.90 Å². The molecule has 0 aromatic carbocycles. The van der Waals surface area contributed by atoms with Crippen molar-refractivity contribution in [2.75, 3.05) is 31.1 Å². The molecule has 1 fully saturated rings. The van der Waals surface area contributed by atoms with Gasteiger partial charge in [-0.2, -0.15) is 17.7 Å². The average Bonchev–Trinajstić information content (AvgIpc) is 3.30. The maximum absolute atomic E-state index is 13.0. The highest BCUT2D eigenvalue weighted by Crippen LogP contribution is 2.28. The van der Waals surface area contributed by atoms with E-state index in [0.717, 1.165) is 0 Å². The summed E-state index contributed by atoms with van der Waals surface area (Å²) in [6.07, 6.45) is -1.82. The summed E-state index contributed by atoms with van der Waals surface area (Å²) >= 11 is 0. The predicted octanol–water partition coefficient (Wildman–Crippen LogP) is 1.70. The highest BCUT2D eigenvalue weighted by Gasteiger charge is 2.38. The monoisotopic (exact) mass is 366 g/mol. The van der Waals surface area contributed by atoms with E-state index in [9.17, 15) is 18.0 Å². The van der Waals surface area contributed by atoms with Crippen LogP contribution in [0.3, 0.4) is 0 Å². The topological polar surface area (TPSA) is 79.8 Å². The van der Waals surface area contributed by atoms with Gasteiger partial charge in [0.05, 0.1) is 11.8 Å². The van der Waals surface area contributed by atoms with Gasteiger partial charge in [-0.05, 0) is 18.2 Å². The Morgan fingerprint density at radius 3 is 2.50 bits per heavy atom. The van der Waals surface area contributed by atoms with Gasteiger partial charge in [0.1, 0.15) is 12.1 Å². The fourth-order valence-corrected chi connectivity index (χ4v) is 2.83. The van der Waals surface area contributed by atoms with E-state index in [0.29, 0.717) is 42.1 Å². The molecule has 0 unspecified atom stereocenters. The van der Waals surface area contributed by atoms with Crippen molar-refractivity contribution in [2.24, 2.45) is 0 Å². The zero-order valence-corrected chi connectivity index (χ0v) is 13.3. The molecular formula is C15H13F3N6O2. The average molecular weight is 366 g/mol. The molecule has 136 valence electrons. The van der Waals surface area contributed by atoms with Gasteiger partial charge >= 0.3 is 6.18 Å². The second-order valence-electron chi connectivity index (χ2n) is 5.77. The third-order valence-electron chi connectivity index (χ3n) is 4.16. The fraction of sp³-hybridized carbons (Fsp3) is 0.333. The van der Waals surface area contributed by atoms with Crippen LogP contribution in [0.5, 0.6) is 0 Å². The lowest BCUT2D eigenvalue weighted by Crippen LogP contribution is -2.49. The van der Waals surface area contributed by atoms with Crippen LogP contribution in [0.1, 0.15) is 16.2 Å². The largest absolute Gasteiger partial charge is 0.472 e. The van der Waals surface area contributed by atoms with E-state index in [4.69, 9.17) is 4.42 Å². The molecule has 4 rings (SSSR count). The van der Waals surface area contributed by atoms with Crippen LogP contribution in [-0.2, 0) is 6.18 Å². The van der Waals surface area contributed by atoms with Crippen molar-refractivity contribution in [1.29, 1.82) is 0 Å². The van der Waals surface area contributed by atoms with E-state index in [1.54, 1.807) is 17.0 Å². The van der Waals surface area contributed by atoms with Crippen LogP contribution >= 0.6 is 0 Å². The summed E-state index contributed by atoms with van der Waals surface area (Å²) in [5.74, 6) is -0.929. The van der Waals surface area contributed by atoms with Crippen molar-refractivity contribution in [2.45, 2.75) is 6.18 Å². The number of nitrogens with zero attached hydrogens (tertiary/aromatic N) is 6. The number of carbonyl (C=O) groups is 1. The zero-order chi connectivity index (χ0) is 18.3. The Labute approximate surface area is 144 Å². The highest BCUT2D eigenvalue weighted by atomic mass is 19.4. The first-order valence-electron chi connectivity index (χ1n) is 7.79. The van der Waals surface area contributed by atoms with Gasteiger partial charge in [0.2, 0.25) is 0 Å². The minimum Gasteiger partial charge on any atom is -0.472 e. The van der Waals surface area contributed by atoms with Crippen molar-refractivity contribution in [3.05, 3.63) is 42.1 Å². The number of piperazine rings is 1. The molecular weight excluding hydrogens is 353 g/mol. The Bertz CT molecular complexity index is 929. The summed E-state index contributed by atoms with van der Waals surface area (Å²) < 4.78 is 44.5. The summed E-state index contributed by atoms with van der Waals surface area (Å²) in [7, 11) is 0. The molecule has 1 aliphatic rings. The van der Waals surface area contributed by atoms with E-state index < -0.39 is 12.0 Å². The Balaban J connectivity index is 1.52. The number of hydrogen-bond acceptors (Lipinski definition) is 6. The van der Waals surface area contributed by atoms with Crippen LogP contribution in [0.15, 0.2) is 35.1 Å². The third kappa shape index (κ3) is 2.85. The normalized spacial score (nSPS) is 15.7. The van der Waals surface area contributed by atoms with E-state index in [2.05, 4.69) is 15.3 Å². The van der Waals surface area contributed by atoms with Crippen molar-refractivity contribution in [3.63, 3.8) is 0 Å². The van der Waals surface area contributed by atoms with Crippen LogP contribution in [0.4, 0.5) is 19.0 Å². The van der Waals surface area contributed by atoms with Crippen LogP contribution in [0, 0.1) is 0 Å². The van der Waals surface area contributed by atoms with Crippen molar-refractivity contribution in [1.82, 2.24) is 24.7 Å². The van der Waals surface area contributed by atoms with Crippen LogP contribution in [0.25, 0.3) is 5.65 Å². The number of amides is 1. The third-order valence-corrected chi connectivity index (χ3v) is 4.16. The number of fused-ring (bicyclic) bond motifs is 1. The summed E-state index contributed by atoms with van der Waals surface area (Å²) in [5, 5.41) is 10.7. The van der Waals surface area contributed by atoms with E-state index >= 15 is 0 Å². The fourth-order valence-electron chi connectivity index (χ4n) is 2.83. The molecule has 26 heavy (non-hydrogen) atoms. The molecule has 0 radical (unpaired) electrons. The Kier molecular flexibility index (Phi) is 3.78. The lowest BCUT2D eigenvalue weighted by Gasteiger charge is -2.35. The Morgan fingerprint density at radius 1 is 1.08 bits per heavy atom. The van der Waals surface area contributed by atoms with E-state index in [1.165, 1.54) is 18.6 Å². The second-order valence-corrected chi connectivity index (χ2v) is 5.77. The lowest BCUT2D eigenvalue weighted by atomic mass is 10.2. The predicted molar refractivity (Wildman–Crippen MR) is 82.6 cm³/mol. The Morgan fingerprint density at radius 2 is 1.85 bits per heavy atom. The lowest BCUT2D eigenvalue weighted by molar-refractivity contribution is -0.146. The number of carbonyl (C=O) groups excluding carboxylic acids is 1. The van der Waals surface area contributed by atoms with Gasteiger partial charge in [0.15, 0.2) is 5.65 Å². The minimum atomic E-state index is -4.64. The minimum absolute atomic E-state index is 0.0230. The SMILES string of the molecule is O=C(c1ccoc1)N1CCN(c2ccc3nnc(C(F)(F)F)n3n2)CC1. The van der Waals surface area contributed by atoms with Crippen molar-refractivity contribution < 1.29 is 22.4 Å². The van der Waals surface area contributed by atoms with Gasteiger partial charge in [-0.25, -0.2) is 0 Å². The number of alkyl halides is 3. The van der Waals surface area contributed by atoms with Crippen LogP contribution in [0.2, 0.25) is 0 Å². The molecule has 1 saturated heterocycles. The summed E-state index contributed by atoms with van der Waals surface area (Å²) in [4.78, 5) is 15.8. The first kappa shape index (κ1) is 16.4. The standard InChI is InChI=1S/C15H13F3N6O2/c16-15(17,18)14-20-19-11-1-2-12(21-24(11)14)22-4-6-23(7-5-22)13(25)10-3-8-26-9-10/h1-3,8-9H,4-7H2. The number of anilines is 1. The summed E-state index contributed by atoms with van der Waals surface area (Å²) in [6.45, 7) is 1.76. The molecule has 0 saturated carbocycles. The van der Waals surface area contributed by atoms with E-state index in [-0.39, 0.29) is 11.6 Å². The molecule has 0 bridgehead atoms. The van der Waals surface area contributed by atoms with Gasteiger partial charge in [-0.1, -0.05) is 0 Å². The maximum Gasteiger partial charge on any atom is 0.453 e. The summed E-state index contributed by atoms with van der Waals surface area (Å²) in [5.41, 5.74) is 0.493. The smallest absolute Gasteiger partial charge is 0.453 e. The molecule has 0 N–H and O–H groups in total. The second kappa shape index (κ2) is 6.00. The number of halogens is 3. The molecule has 0 atom stereocenters. The molecule has 8 nitrogen and oxygen atoms in total. The van der Waals surface area contributed by atoms with Gasteiger partial charge in [-0.3, -0.25) is 4.79 Å². The Hall–Kier alpha value is -3.11. The molecule has 11 heteroatoms. The molecule has 3 aromatic rings. The van der Waals surface area contributed by atoms with Crippen molar-refractivity contribution >= 4 is 17.4 Å². The zero-order valence-electron chi connectivity index (χ0n) is 13.3.